The normalized spacial score (nSPS) is 24.2. The zero-order valence-corrected chi connectivity index (χ0v) is 19.2. The summed E-state index contributed by atoms with van der Waals surface area (Å²) >= 11 is -1.32. The van der Waals surface area contributed by atoms with Crippen LogP contribution in [0.4, 0.5) is 4.39 Å². The third-order valence-corrected chi connectivity index (χ3v) is 7.67. The number of fused-ring (bicyclic) bond motifs is 2. The molecule has 2 aromatic rings. The molecular weight excluding hydrogens is 427 g/mol. The van der Waals surface area contributed by atoms with Crippen molar-refractivity contribution in [3.05, 3.63) is 59.4 Å². The number of piperidine rings is 1. The molecule has 1 saturated heterocycles. The van der Waals surface area contributed by atoms with E-state index in [1.54, 1.807) is 17.1 Å². The lowest BCUT2D eigenvalue weighted by atomic mass is 9.70. The van der Waals surface area contributed by atoms with E-state index in [1.165, 1.54) is 11.6 Å². The second kappa shape index (κ2) is 8.46. The van der Waals surface area contributed by atoms with E-state index in [1.807, 2.05) is 27.3 Å². The lowest BCUT2D eigenvalue weighted by molar-refractivity contribution is 0.231. The van der Waals surface area contributed by atoms with Crippen LogP contribution in [0.3, 0.4) is 0 Å². The summed E-state index contributed by atoms with van der Waals surface area (Å²) in [6.45, 7) is 6.42. The maximum atomic E-state index is 13.6. The highest BCUT2D eigenvalue weighted by molar-refractivity contribution is 7.89. The number of halogens is 1. The summed E-state index contributed by atoms with van der Waals surface area (Å²) in [5.41, 5.74) is 4.29. The van der Waals surface area contributed by atoms with Crippen molar-refractivity contribution >= 4 is 23.1 Å². The molecule has 2 aliphatic carbocycles. The Bertz CT molecular complexity index is 1150. The molecule has 1 fully saturated rings. The fourth-order valence-electron chi connectivity index (χ4n) is 4.68. The number of hydrogen-bond acceptors (Lipinski definition) is 5. The third-order valence-electron chi connectivity index (χ3n) is 6.34. The topological polar surface area (TPSA) is 74.8 Å². The fourth-order valence-corrected chi connectivity index (χ4v) is 5.91. The number of nitrogens with zero attached hydrogens (tertiary/aromatic N) is 6. The van der Waals surface area contributed by atoms with Gasteiger partial charge in [-0.2, -0.15) is 15.0 Å². The first-order chi connectivity index (χ1) is 15.5. The standard InChI is InChI=1S/C23H27FN6OS/c1-3-10-29-25-15-22(27-29)32(31)28-11-9-18-12-21-17(13-23(18,2)16-28)14-26-30(21)20-6-4-5-19(24)7-8-20/h4,6-8,12,14-15H,3,5,9-11,13,16H2,1-2H3. The lowest BCUT2D eigenvalue weighted by Crippen LogP contribution is -2.47. The van der Waals surface area contributed by atoms with Crippen molar-refractivity contribution in [3.8, 4) is 0 Å². The summed E-state index contributed by atoms with van der Waals surface area (Å²) in [5.74, 6) is -0.154. The second-order valence-electron chi connectivity index (χ2n) is 8.83. The fraction of sp³-hybridized carbons (Fsp3) is 0.435. The zero-order chi connectivity index (χ0) is 22.3. The van der Waals surface area contributed by atoms with Crippen LogP contribution in [0.25, 0.3) is 11.8 Å². The van der Waals surface area contributed by atoms with E-state index in [-0.39, 0.29) is 11.2 Å². The zero-order valence-electron chi connectivity index (χ0n) is 18.4. The summed E-state index contributed by atoms with van der Waals surface area (Å²) in [6, 6.07) is 0. The summed E-state index contributed by atoms with van der Waals surface area (Å²) in [5, 5.41) is 13.8. The first kappa shape index (κ1) is 21.4. The Morgan fingerprint density at radius 1 is 1.25 bits per heavy atom. The van der Waals surface area contributed by atoms with Crippen molar-refractivity contribution in [2.75, 3.05) is 13.1 Å². The van der Waals surface area contributed by atoms with E-state index < -0.39 is 11.4 Å². The van der Waals surface area contributed by atoms with Gasteiger partial charge in [-0.25, -0.2) is 9.07 Å². The molecule has 0 saturated carbocycles. The van der Waals surface area contributed by atoms with Gasteiger partial charge >= 0.3 is 5.03 Å². The molecule has 32 heavy (non-hydrogen) atoms. The Balaban J connectivity index is 1.38. The minimum absolute atomic E-state index is 0.117. The van der Waals surface area contributed by atoms with Gasteiger partial charge in [0.25, 0.3) is 0 Å². The van der Waals surface area contributed by atoms with Crippen LogP contribution in [-0.2, 0) is 24.3 Å². The van der Waals surface area contributed by atoms with Crippen LogP contribution >= 0.6 is 0 Å². The van der Waals surface area contributed by atoms with Crippen LogP contribution in [0.5, 0.6) is 0 Å². The molecule has 9 heteroatoms. The molecule has 0 spiro atoms. The Labute approximate surface area is 190 Å². The smallest absolute Gasteiger partial charge is 0.304 e. The van der Waals surface area contributed by atoms with E-state index in [0.29, 0.717) is 24.5 Å². The third kappa shape index (κ3) is 3.89. The highest BCUT2D eigenvalue weighted by atomic mass is 32.2. The van der Waals surface area contributed by atoms with Crippen LogP contribution in [0, 0.1) is 5.41 Å². The second-order valence-corrected chi connectivity index (χ2v) is 10.3. The van der Waals surface area contributed by atoms with Crippen molar-refractivity contribution < 1.29 is 8.94 Å². The predicted octanol–water partition coefficient (Wildman–Crippen LogP) is 3.91. The van der Waals surface area contributed by atoms with E-state index in [9.17, 15) is 8.94 Å². The quantitative estimate of drug-likeness (QED) is 0.641. The molecule has 1 aliphatic heterocycles. The number of aromatic nitrogens is 5. The molecule has 0 N–H and O–H groups in total. The van der Waals surface area contributed by atoms with Gasteiger partial charge in [0.1, 0.15) is 23.4 Å². The molecule has 3 aliphatic rings. The molecule has 3 heterocycles. The van der Waals surface area contributed by atoms with E-state index in [4.69, 9.17) is 0 Å². The van der Waals surface area contributed by atoms with Crippen LogP contribution in [-0.4, -0.2) is 46.7 Å². The minimum atomic E-state index is -1.32. The van der Waals surface area contributed by atoms with Crippen molar-refractivity contribution in [2.45, 2.75) is 51.1 Å². The Hall–Kier alpha value is -2.49. The average molecular weight is 455 g/mol. The number of aryl methyl sites for hydroxylation is 1. The monoisotopic (exact) mass is 454 g/mol. The van der Waals surface area contributed by atoms with Gasteiger partial charge in [-0.05, 0) is 49.1 Å². The summed E-state index contributed by atoms with van der Waals surface area (Å²) < 4.78 is 30.7. The molecule has 0 bridgehead atoms. The van der Waals surface area contributed by atoms with E-state index in [2.05, 4.69) is 35.2 Å². The van der Waals surface area contributed by atoms with Gasteiger partial charge in [-0.15, -0.1) is 9.40 Å². The van der Waals surface area contributed by atoms with E-state index >= 15 is 0 Å². The maximum absolute atomic E-state index is 13.6. The molecule has 5 rings (SSSR count). The van der Waals surface area contributed by atoms with Gasteiger partial charge < -0.3 is 4.55 Å². The minimum Gasteiger partial charge on any atom is -0.591 e. The highest BCUT2D eigenvalue weighted by Gasteiger charge is 2.43. The largest absolute Gasteiger partial charge is 0.591 e. The van der Waals surface area contributed by atoms with E-state index in [0.717, 1.165) is 42.8 Å². The summed E-state index contributed by atoms with van der Waals surface area (Å²) in [7, 11) is 0. The van der Waals surface area contributed by atoms with Crippen molar-refractivity contribution in [1.29, 1.82) is 0 Å². The van der Waals surface area contributed by atoms with Crippen molar-refractivity contribution in [3.63, 3.8) is 0 Å². The van der Waals surface area contributed by atoms with Crippen molar-refractivity contribution in [1.82, 2.24) is 29.1 Å². The summed E-state index contributed by atoms with van der Waals surface area (Å²) in [6.07, 6.45) is 15.7. The molecule has 2 unspecified atom stereocenters. The molecule has 0 aromatic carbocycles. The number of rotatable bonds is 5. The van der Waals surface area contributed by atoms with Crippen LogP contribution in [0.1, 0.15) is 44.4 Å². The molecule has 2 atom stereocenters. The molecule has 2 aromatic heterocycles. The van der Waals surface area contributed by atoms with Gasteiger partial charge in [0, 0.05) is 18.4 Å². The van der Waals surface area contributed by atoms with Crippen molar-refractivity contribution in [2.24, 2.45) is 5.41 Å². The first-order valence-corrected chi connectivity index (χ1v) is 12.2. The van der Waals surface area contributed by atoms with Crippen LogP contribution in [0.15, 0.2) is 53.1 Å². The SMILES string of the molecule is CCCn1ncc([S+]([O-])N2CCC3=Cc4c(cnn4C4=CC=C(F)CC=C4)CC3(C)C2)n1. The van der Waals surface area contributed by atoms with Gasteiger partial charge in [-0.1, -0.05) is 25.5 Å². The molecule has 168 valence electrons. The van der Waals surface area contributed by atoms with Gasteiger partial charge in [-0.3, -0.25) is 0 Å². The molecule has 0 radical (unpaired) electrons. The predicted molar refractivity (Wildman–Crippen MR) is 122 cm³/mol. The van der Waals surface area contributed by atoms with Crippen LogP contribution in [0.2, 0.25) is 0 Å². The Morgan fingerprint density at radius 3 is 2.97 bits per heavy atom. The maximum Gasteiger partial charge on any atom is 0.304 e. The highest BCUT2D eigenvalue weighted by Crippen LogP contribution is 2.44. The van der Waals surface area contributed by atoms with Gasteiger partial charge in [0.05, 0.1) is 30.7 Å². The Morgan fingerprint density at radius 2 is 2.12 bits per heavy atom. The van der Waals surface area contributed by atoms with Gasteiger partial charge in [0.15, 0.2) is 0 Å². The molecule has 0 amide bonds. The molecular formula is C23H27FN6OS. The average Bonchev–Trinajstić information content (AvgIpc) is 3.34. The first-order valence-electron chi connectivity index (χ1n) is 11.0. The lowest BCUT2D eigenvalue weighted by Gasteiger charge is -2.43. The van der Waals surface area contributed by atoms with Crippen LogP contribution < -0.4 is 0 Å². The molecule has 7 nitrogen and oxygen atoms in total. The summed E-state index contributed by atoms with van der Waals surface area (Å²) in [4.78, 5) is 1.61. The Kier molecular flexibility index (Phi) is 5.65. The van der Waals surface area contributed by atoms with Gasteiger partial charge in [0.2, 0.25) is 0 Å². The number of allylic oxidation sites excluding steroid dienone is 6. The number of hydrogen-bond donors (Lipinski definition) is 0.